The zero-order valence-corrected chi connectivity index (χ0v) is 27.3. The molecule has 0 spiro atoms. The van der Waals surface area contributed by atoms with Gasteiger partial charge in [0.05, 0.1) is 25.2 Å². The summed E-state index contributed by atoms with van der Waals surface area (Å²) in [6, 6.07) is -1.66. The minimum atomic E-state index is -4.95. The third-order valence-electron chi connectivity index (χ3n) is 4.83. The Morgan fingerprint density at radius 1 is 0.778 bits per heavy atom. The van der Waals surface area contributed by atoms with Gasteiger partial charge in [0.2, 0.25) is 0 Å². The minimum Gasteiger partial charge on any atom is -0.756 e. The molecular weight excluding hydrogens is 515 g/mol. The number of phosphoric acid groups is 1. The van der Waals surface area contributed by atoms with Gasteiger partial charge in [0.25, 0.3) is 7.82 Å². The average Bonchev–Trinajstić information content (AvgIpc) is 2.79. The van der Waals surface area contributed by atoms with Crippen LogP contribution in [0.4, 0.5) is 0 Å². The Labute approximate surface area is 259 Å². The Morgan fingerprint density at radius 3 is 1.75 bits per heavy atom. The van der Waals surface area contributed by atoms with Crippen molar-refractivity contribution in [2.24, 2.45) is 5.73 Å². The van der Waals surface area contributed by atoms with Crippen LogP contribution in [0.1, 0.15) is 90.9 Å². The van der Waals surface area contributed by atoms with Crippen molar-refractivity contribution in [3.8, 4) is 0 Å². The number of hydrogen-bond acceptors (Lipinski definition) is 11. The van der Waals surface area contributed by atoms with Crippen LogP contribution in [0.15, 0.2) is 0 Å². The van der Waals surface area contributed by atoms with Gasteiger partial charge in [0.15, 0.2) is 6.10 Å². The van der Waals surface area contributed by atoms with E-state index in [9.17, 15) is 28.9 Å². The number of carbonyl (C=O) groups excluding carboxylic acids is 3. The van der Waals surface area contributed by atoms with E-state index < -0.39 is 51.1 Å². The Morgan fingerprint density at radius 2 is 1.25 bits per heavy atom. The van der Waals surface area contributed by atoms with Crippen LogP contribution in [-0.4, -0.2) is 49.9 Å². The third kappa shape index (κ3) is 24.8. The fourth-order valence-electron chi connectivity index (χ4n) is 2.82. The summed E-state index contributed by atoms with van der Waals surface area (Å²) in [6.07, 6.45) is 8.54. The molecule has 200 valence electrons. The molecule has 3 atom stereocenters. The summed E-state index contributed by atoms with van der Waals surface area (Å²) < 4.78 is 31.3. The molecule has 0 rings (SSSR count). The standard InChI is InChI=1S/C22H42NO10P.2Na/c1-3-5-7-9-11-13-20(24)30-15-18(33-21(25)14-12-10-8-6-4-2)16-31-34(28,29)32-17-19(23)22(26)27;;/h18-19H,3-17,23H2,1-2H3,(H,26,27)(H,28,29);;/q;2*+1/p-2. The van der Waals surface area contributed by atoms with E-state index >= 15 is 0 Å². The first kappa shape index (κ1) is 41.0. The third-order valence-corrected chi connectivity index (χ3v) is 5.76. The summed E-state index contributed by atoms with van der Waals surface area (Å²) in [5.41, 5.74) is 5.14. The van der Waals surface area contributed by atoms with E-state index in [4.69, 9.17) is 15.2 Å². The number of unbranched alkanes of at least 4 members (excludes halogenated alkanes) is 8. The number of rotatable bonds is 22. The van der Waals surface area contributed by atoms with Crippen molar-refractivity contribution in [3.63, 3.8) is 0 Å². The van der Waals surface area contributed by atoms with Gasteiger partial charge in [-0.3, -0.25) is 14.2 Å². The van der Waals surface area contributed by atoms with E-state index in [2.05, 4.69) is 22.9 Å². The van der Waals surface area contributed by atoms with Crippen LogP contribution in [0.5, 0.6) is 0 Å². The maximum atomic E-state index is 12.1. The predicted molar refractivity (Wildman–Crippen MR) is 120 cm³/mol. The van der Waals surface area contributed by atoms with Gasteiger partial charge in [-0.25, -0.2) is 0 Å². The summed E-state index contributed by atoms with van der Waals surface area (Å²) in [6.45, 7) is 2.25. The smallest absolute Gasteiger partial charge is 0.756 e. The molecule has 0 aliphatic rings. The first-order valence-electron chi connectivity index (χ1n) is 12.0. The molecule has 0 aromatic rings. The number of phosphoric ester groups is 1. The van der Waals surface area contributed by atoms with E-state index in [0.29, 0.717) is 12.8 Å². The van der Waals surface area contributed by atoms with Crippen molar-refractivity contribution in [3.05, 3.63) is 0 Å². The van der Waals surface area contributed by atoms with Crippen LogP contribution in [0.3, 0.4) is 0 Å². The summed E-state index contributed by atoms with van der Waals surface area (Å²) in [5, 5.41) is 10.6. The molecule has 14 heteroatoms. The zero-order valence-electron chi connectivity index (χ0n) is 22.4. The van der Waals surface area contributed by atoms with Crippen molar-refractivity contribution in [2.45, 2.75) is 103 Å². The monoisotopic (exact) mass is 555 g/mol. The van der Waals surface area contributed by atoms with Crippen LogP contribution >= 0.6 is 7.82 Å². The molecule has 0 aromatic heterocycles. The molecule has 2 N–H and O–H groups in total. The second-order valence-electron chi connectivity index (χ2n) is 8.09. The molecule has 36 heavy (non-hydrogen) atoms. The largest absolute Gasteiger partial charge is 1.00 e. The van der Waals surface area contributed by atoms with Gasteiger partial charge in [-0.15, -0.1) is 0 Å². The van der Waals surface area contributed by atoms with Gasteiger partial charge in [-0.2, -0.15) is 0 Å². The molecule has 0 radical (unpaired) electrons. The number of carboxylic acid groups (broad SMARTS) is 1. The van der Waals surface area contributed by atoms with Crippen LogP contribution in [-0.2, 0) is 37.5 Å². The quantitative estimate of drug-likeness (QED) is 0.0592. The molecule has 0 amide bonds. The molecule has 11 nitrogen and oxygen atoms in total. The Hall–Kier alpha value is 0.480. The van der Waals surface area contributed by atoms with Gasteiger partial charge in [0.1, 0.15) is 6.61 Å². The van der Waals surface area contributed by atoms with Gasteiger partial charge >= 0.3 is 71.1 Å². The van der Waals surface area contributed by atoms with Crippen molar-refractivity contribution >= 4 is 25.7 Å². The van der Waals surface area contributed by atoms with Crippen LogP contribution in [0.2, 0.25) is 0 Å². The normalized spacial score (nSPS) is 13.9. The maximum absolute atomic E-state index is 12.1. The Balaban J connectivity index is -0.00000544. The van der Waals surface area contributed by atoms with Crippen molar-refractivity contribution in [1.82, 2.24) is 0 Å². The van der Waals surface area contributed by atoms with Crippen LogP contribution in [0.25, 0.3) is 0 Å². The molecule has 0 aliphatic carbocycles. The number of aliphatic carboxylic acids is 1. The molecule has 0 aliphatic heterocycles. The van der Waals surface area contributed by atoms with E-state index in [1.54, 1.807) is 0 Å². The molecule has 3 unspecified atom stereocenters. The van der Waals surface area contributed by atoms with Gasteiger partial charge in [-0.05, 0) is 12.8 Å². The fraction of sp³-hybridized carbons (Fsp3) is 0.864. The number of ether oxygens (including phenoxy) is 2. The average molecular weight is 556 g/mol. The van der Waals surface area contributed by atoms with E-state index in [0.717, 1.165) is 51.4 Å². The zero-order chi connectivity index (χ0) is 25.8. The topological polar surface area (TPSA) is 177 Å². The van der Waals surface area contributed by atoms with E-state index in [-0.39, 0.29) is 78.6 Å². The summed E-state index contributed by atoms with van der Waals surface area (Å²) in [5.74, 6) is -2.74. The molecule has 0 bridgehead atoms. The van der Waals surface area contributed by atoms with Crippen LogP contribution in [0, 0.1) is 0 Å². The number of hydrogen-bond donors (Lipinski definition) is 1. The number of carbonyl (C=O) groups is 3. The summed E-state index contributed by atoms with van der Waals surface area (Å²) >= 11 is 0. The minimum absolute atomic E-state index is 0. The molecular formula is C22H40NNa2O10P. The SMILES string of the molecule is CCCCCCCC(=O)OCC(COP(=O)([O-])OCC(N)C(=O)[O-])OC(=O)CCCCCCC.[Na+].[Na+]. The second kappa shape index (κ2) is 25.7. The Kier molecular flexibility index (Phi) is 29.3. The first-order valence-corrected chi connectivity index (χ1v) is 13.5. The molecule has 0 aromatic carbocycles. The van der Waals surface area contributed by atoms with E-state index in [1.165, 1.54) is 0 Å². The van der Waals surface area contributed by atoms with Gasteiger partial charge < -0.3 is 39.0 Å². The molecule has 0 saturated carbocycles. The number of nitrogens with two attached hydrogens (primary N) is 1. The number of esters is 2. The predicted octanol–water partition coefficient (Wildman–Crippen LogP) is -4.25. The van der Waals surface area contributed by atoms with Gasteiger partial charge in [0, 0.05) is 12.8 Å². The van der Waals surface area contributed by atoms with Crippen molar-refractivity contribution < 1.29 is 107 Å². The number of carboxylic acids is 1. The maximum Gasteiger partial charge on any atom is 1.00 e. The van der Waals surface area contributed by atoms with Crippen molar-refractivity contribution in [1.29, 1.82) is 0 Å². The van der Waals surface area contributed by atoms with Crippen LogP contribution < -0.4 is 74.8 Å². The molecule has 0 fully saturated rings. The van der Waals surface area contributed by atoms with Crippen molar-refractivity contribution in [2.75, 3.05) is 19.8 Å². The fourth-order valence-corrected chi connectivity index (χ4v) is 3.58. The van der Waals surface area contributed by atoms with Gasteiger partial charge in [-0.1, -0.05) is 65.2 Å². The first-order chi connectivity index (χ1) is 16.1. The molecule has 0 heterocycles. The summed E-state index contributed by atoms with van der Waals surface area (Å²) in [4.78, 5) is 46.5. The second-order valence-corrected chi connectivity index (χ2v) is 9.50. The summed E-state index contributed by atoms with van der Waals surface area (Å²) in [7, 11) is -4.95. The van der Waals surface area contributed by atoms with E-state index in [1.807, 2.05) is 0 Å². The Bertz CT molecular complexity index is 642. The molecule has 0 saturated heterocycles.